The summed E-state index contributed by atoms with van der Waals surface area (Å²) in [5.41, 5.74) is 8.19. The van der Waals surface area contributed by atoms with Gasteiger partial charge in [0.15, 0.2) is 11.7 Å². The molecule has 7 N–H and O–H groups in total. The van der Waals surface area contributed by atoms with E-state index in [0.717, 1.165) is 0 Å². The van der Waals surface area contributed by atoms with E-state index in [1.165, 1.54) is 0 Å². The van der Waals surface area contributed by atoms with Crippen LogP contribution in [0.1, 0.15) is 19.3 Å². The molecule has 0 aromatic heterocycles. The molecule has 1 aliphatic heterocycles. The quantitative estimate of drug-likeness (QED) is 0.355. The fourth-order valence-electron chi connectivity index (χ4n) is 2.01. The lowest BCUT2D eigenvalue weighted by atomic mass is 9.83. The van der Waals surface area contributed by atoms with Crippen LogP contribution < -0.4 is 11.5 Å². The second kappa shape index (κ2) is 5.61. The van der Waals surface area contributed by atoms with Crippen LogP contribution in [0, 0.1) is 0 Å². The number of carbonyl (C=O) groups excluding carboxylic acids is 2. The molecule has 1 heterocycles. The van der Waals surface area contributed by atoms with Crippen molar-refractivity contribution in [3.8, 4) is 0 Å². The lowest BCUT2D eigenvalue weighted by molar-refractivity contribution is -0.197. The van der Waals surface area contributed by atoms with Gasteiger partial charge in [0.25, 0.3) is 5.91 Å². The van der Waals surface area contributed by atoms with Crippen molar-refractivity contribution in [2.45, 2.75) is 43.2 Å². The number of nitrogens with two attached hydrogens (primary N) is 2. The fraction of sp³-hybridized carbons (Fsp3) is 0.800. The van der Waals surface area contributed by atoms with E-state index in [9.17, 15) is 24.9 Å². The highest BCUT2D eigenvalue weighted by Crippen LogP contribution is 2.30. The van der Waals surface area contributed by atoms with Crippen molar-refractivity contribution >= 4 is 11.8 Å². The highest BCUT2D eigenvalue weighted by atomic mass is 16.5. The first-order valence-electron chi connectivity index (χ1n) is 5.60. The minimum atomic E-state index is -2.00. The largest absolute Gasteiger partial charge is 0.387 e. The Morgan fingerprint density at radius 3 is 2.17 bits per heavy atom. The molecular formula is C10H18N2O6. The van der Waals surface area contributed by atoms with Crippen LogP contribution in [0.5, 0.6) is 0 Å². The second-order valence-corrected chi connectivity index (χ2v) is 4.34. The van der Waals surface area contributed by atoms with Gasteiger partial charge in [-0.1, -0.05) is 0 Å². The van der Waals surface area contributed by atoms with Crippen LogP contribution in [-0.4, -0.2) is 57.7 Å². The van der Waals surface area contributed by atoms with Gasteiger partial charge >= 0.3 is 0 Å². The minimum absolute atomic E-state index is 0.103. The fourth-order valence-corrected chi connectivity index (χ4v) is 2.01. The molecule has 4 atom stereocenters. The highest BCUT2D eigenvalue weighted by molar-refractivity contribution is 5.85. The number of ether oxygens (including phenoxy) is 1. The maximum atomic E-state index is 11.4. The molecule has 0 radical (unpaired) electrons. The van der Waals surface area contributed by atoms with Gasteiger partial charge in [-0.05, 0) is 19.3 Å². The van der Waals surface area contributed by atoms with E-state index in [1.54, 1.807) is 0 Å². The van der Waals surface area contributed by atoms with Gasteiger partial charge in [0.2, 0.25) is 5.91 Å². The van der Waals surface area contributed by atoms with Crippen LogP contribution in [0.15, 0.2) is 0 Å². The van der Waals surface area contributed by atoms with Crippen molar-refractivity contribution in [1.82, 2.24) is 0 Å². The normalized spacial score (nSPS) is 29.3. The summed E-state index contributed by atoms with van der Waals surface area (Å²) in [6.45, 7) is 0.194. The van der Waals surface area contributed by atoms with Crippen molar-refractivity contribution < 1.29 is 29.6 Å². The maximum Gasteiger partial charge on any atom is 0.252 e. The molecule has 0 aliphatic carbocycles. The van der Waals surface area contributed by atoms with Crippen molar-refractivity contribution in [2.24, 2.45) is 11.5 Å². The third-order valence-corrected chi connectivity index (χ3v) is 3.14. The van der Waals surface area contributed by atoms with Gasteiger partial charge in [-0.3, -0.25) is 9.59 Å². The first-order chi connectivity index (χ1) is 8.33. The van der Waals surface area contributed by atoms with Gasteiger partial charge in [-0.2, -0.15) is 0 Å². The molecule has 18 heavy (non-hydrogen) atoms. The van der Waals surface area contributed by atoms with Crippen LogP contribution in [0.3, 0.4) is 0 Å². The van der Waals surface area contributed by atoms with E-state index in [4.69, 9.17) is 16.2 Å². The number of aliphatic hydroxyl groups excluding tert-OH is 3. The monoisotopic (exact) mass is 262 g/mol. The summed E-state index contributed by atoms with van der Waals surface area (Å²) in [5.74, 6) is -2.16. The van der Waals surface area contributed by atoms with Crippen molar-refractivity contribution in [2.75, 3.05) is 6.61 Å². The van der Waals surface area contributed by atoms with Gasteiger partial charge in [0.1, 0.15) is 12.2 Å². The number of hydrogen-bond donors (Lipinski definition) is 5. The zero-order valence-corrected chi connectivity index (χ0v) is 9.78. The summed E-state index contributed by atoms with van der Waals surface area (Å²) < 4.78 is 5.19. The molecule has 0 saturated carbocycles. The number of carbonyl (C=O) groups is 2. The Morgan fingerprint density at radius 2 is 1.78 bits per heavy atom. The molecule has 1 rings (SSSR count). The van der Waals surface area contributed by atoms with Crippen LogP contribution in [-0.2, 0) is 14.3 Å². The maximum absolute atomic E-state index is 11.4. The Morgan fingerprint density at radius 1 is 1.17 bits per heavy atom. The number of rotatable bonds is 5. The van der Waals surface area contributed by atoms with Gasteiger partial charge in [0, 0.05) is 6.61 Å². The Kier molecular flexibility index (Phi) is 4.63. The van der Waals surface area contributed by atoms with Crippen molar-refractivity contribution in [3.63, 3.8) is 0 Å². The van der Waals surface area contributed by atoms with Crippen LogP contribution in [0.4, 0.5) is 0 Å². The molecule has 104 valence electrons. The molecule has 0 spiro atoms. The Labute approximate surface area is 104 Å². The summed E-state index contributed by atoms with van der Waals surface area (Å²) in [5, 5.41) is 28.9. The van der Waals surface area contributed by atoms with Crippen molar-refractivity contribution in [1.29, 1.82) is 0 Å². The summed E-state index contributed by atoms with van der Waals surface area (Å²) in [7, 11) is 0. The lowest BCUT2D eigenvalue weighted by Crippen LogP contribution is -2.63. The van der Waals surface area contributed by atoms with Crippen LogP contribution >= 0.6 is 0 Å². The van der Waals surface area contributed by atoms with E-state index >= 15 is 0 Å². The molecule has 8 nitrogen and oxygen atoms in total. The SMILES string of the molecule is NC(=O)[C@@H](O)[C@@H](O)[C@H](O)[C@@]1(C(N)=O)CCCCO1. The van der Waals surface area contributed by atoms with E-state index in [2.05, 4.69) is 0 Å². The molecule has 0 bridgehead atoms. The molecule has 1 saturated heterocycles. The van der Waals surface area contributed by atoms with Gasteiger partial charge < -0.3 is 31.5 Å². The number of primary amides is 2. The molecule has 8 heteroatoms. The molecule has 0 aromatic rings. The van der Waals surface area contributed by atoms with Gasteiger partial charge in [0.05, 0.1) is 0 Å². The van der Waals surface area contributed by atoms with E-state index in [0.29, 0.717) is 12.8 Å². The highest BCUT2D eigenvalue weighted by Gasteiger charge is 2.51. The predicted octanol–water partition coefficient (Wildman–Crippen LogP) is -3.02. The molecular weight excluding hydrogens is 244 g/mol. The third-order valence-electron chi connectivity index (χ3n) is 3.14. The second-order valence-electron chi connectivity index (χ2n) is 4.34. The van der Waals surface area contributed by atoms with Gasteiger partial charge in [-0.15, -0.1) is 0 Å². The smallest absolute Gasteiger partial charge is 0.252 e. The average molecular weight is 262 g/mol. The lowest BCUT2D eigenvalue weighted by Gasteiger charge is -2.40. The number of hydrogen-bond acceptors (Lipinski definition) is 6. The van der Waals surface area contributed by atoms with Crippen molar-refractivity contribution in [3.05, 3.63) is 0 Å². The van der Waals surface area contributed by atoms with E-state index < -0.39 is 35.7 Å². The minimum Gasteiger partial charge on any atom is -0.387 e. The van der Waals surface area contributed by atoms with E-state index in [-0.39, 0.29) is 13.0 Å². The summed E-state index contributed by atoms with van der Waals surface area (Å²) in [4.78, 5) is 22.2. The molecule has 1 aliphatic rings. The Balaban J connectivity index is 2.92. The zero-order valence-electron chi connectivity index (χ0n) is 9.78. The average Bonchev–Trinajstić information content (AvgIpc) is 2.36. The standard InChI is InChI=1S/C10H18N2O6/c11-8(16)6(14)5(13)7(15)10(9(12)17)3-1-2-4-18-10/h5-7,13-15H,1-4H2,(H2,11,16)(H2,12,17)/t5-,6+,7+,10-/m1/s1. The first kappa shape index (κ1) is 14.8. The third kappa shape index (κ3) is 2.61. The Bertz CT molecular complexity index is 328. The molecule has 0 unspecified atom stereocenters. The summed E-state index contributed by atoms with van der Waals surface area (Å²) >= 11 is 0. The first-order valence-corrected chi connectivity index (χ1v) is 5.60. The zero-order chi connectivity index (χ0) is 13.9. The topological polar surface area (TPSA) is 156 Å². The Hall–Kier alpha value is -1.22. The molecule has 2 amide bonds. The van der Waals surface area contributed by atoms with Crippen LogP contribution in [0.2, 0.25) is 0 Å². The summed E-state index contributed by atoms with van der Waals surface area (Å²) in [6, 6.07) is 0. The predicted molar refractivity (Wildman–Crippen MR) is 58.9 cm³/mol. The number of amides is 2. The number of aliphatic hydroxyl groups is 3. The van der Waals surface area contributed by atoms with Crippen LogP contribution in [0.25, 0.3) is 0 Å². The summed E-state index contributed by atoms with van der Waals surface area (Å²) in [6.07, 6.45) is -4.39. The molecule has 1 fully saturated rings. The molecule has 0 aromatic carbocycles. The van der Waals surface area contributed by atoms with E-state index in [1.807, 2.05) is 0 Å². The van der Waals surface area contributed by atoms with Gasteiger partial charge in [-0.25, -0.2) is 0 Å².